The predicted molar refractivity (Wildman–Crippen MR) is 66.0 cm³/mol. The normalized spacial score (nSPS) is 11.7. The van der Waals surface area contributed by atoms with E-state index in [-0.39, 0.29) is 23.4 Å². The standard InChI is InChI=1S/C11H10BrF2NO3/c1-2-9(15(16)17)6-7-5-8(12)3-4-10(7)18-11(13)14/h3-6,11H,2H2,1H3. The summed E-state index contributed by atoms with van der Waals surface area (Å²) in [5.41, 5.74) is 0.158. The molecule has 0 radical (unpaired) electrons. The Kier molecular flexibility index (Phi) is 5.21. The highest BCUT2D eigenvalue weighted by atomic mass is 79.9. The molecule has 0 saturated carbocycles. The van der Waals surface area contributed by atoms with Gasteiger partial charge in [0.2, 0.25) is 5.70 Å². The first-order valence-corrected chi connectivity index (χ1v) is 5.82. The van der Waals surface area contributed by atoms with Gasteiger partial charge >= 0.3 is 6.61 Å². The molecular formula is C11H10BrF2NO3. The molecule has 0 N–H and O–H groups in total. The lowest BCUT2D eigenvalue weighted by Gasteiger charge is -2.08. The van der Waals surface area contributed by atoms with Gasteiger partial charge < -0.3 is 4.74 Å². The van der Waals surface area contributed by atoms with Gasteiger partial charge in [-0.05, 0) is 18.2 Å². The molecule has 0 aliphatic rings. The smallest absolute Gasteiger partial charge is 0.387 e. The van der Waals surface area contributed by atoms with Crippen molar-refractivity contribution in [2.24, 2.45) is 0 Å². The van der Waals surface area contributed by atoms with Crippen molar-refractivity contribution in [1.29, 1.82) is 0 Å². The lowest BCUT2D eigenvalue weighted by Crippen LogP contribution is -2.04. The molecule has 0 amide bonds. The molecule has 18 heavy (non-hydrogen) atoms. The van der Waals surface area contributed by atoms with Crippen LogP contribution in [0.4, 0.5) is 8.78 Å². The van der Waals surface area contributed by atoms with Gasteiger partial charge in [-0.1, -0.05) is 22.9 Å². The number of benzene rings is 1. The van der Waals surface area contributed by atoms with Crippen molar-refractivity contribution < 1.29 is 18.4 Å². The summed E-state index contributed by atoms with van der Waals surface area (Å²) in [5.74, 6) is -0.0963. The van der Waals surface area contributed by atoms with Crippen molar-refractivity contribution in [3.8, 4) is 5.75 Å². The first kappa shape index (κ1) is 14.6. The molecule has 0 aliphatic carbocycles. The van der Waals surface area contributed by atoms with Gasteiger partial charge in [-0.25, -0.2) is 0 Å². The molecule has 1 aromatic rings. The molecule has 0 aromatic heterocycles. The number of rotatable bonds is 5. The topological polar surface area (TPSA) is 52.4 Å². The highest BCUT2D eigenvalue weighted by molar-refractivity contribution is 9.10. The SMILES string of the molecule is CCC(=Cc1cc(Br)ccc1OC(F)F)[N+](=O)[O-]. The Balaban J connectivity index is 3.20. The van der Waals surface area contributed by atoms with Gasteiger partial charge in [0.25, 0.3) is 0 Å². The molecule has 0 fully saturated rings. The summed E-state index contributed by atoms with van der Waals surface area (Å²) >= 11 is 3.17. The number of alkyl halides is 2. The molecule has 0 atom stereocenters. The number of ether oxygens (including phenoxy) is 1. The number of halogens is 3. The van der Waals surface area contributed by atoms with Crippen LogP contribution < -0.4 is 4.74 Å². The van der Waals surface area contributed by atoms with Crippen LogP contribution in [0, 0.1) is 10.1 Å². The van der Waals surface area contributed by atoms with E-state index in [1.807, 2.05) is 0 Å². The fourth-order valence-electron chi connectivity index (χ4n) is 1.30. The van der Waals surface area contributed by atoms with E-state index in [9.17, 15) is 18.9 Å². The van der Waals surface area contributed by atoms with E-state index in [2.05, 4.69) is 20.7 Å². The Morgan fingerprint density at radius 3 is 2.78 bits per heavy atom. The number of nitro groups is 1. The van der Waals surface area contributed by atoms with Gasteiger partial charge in [-0.15, -0.1) is 0 Å². The Morgan fingerprint density at radius 2 is 2.28 bits per heavy atom. The summed E-state index contributed by atoms with van der Waals surface area (Å²) in [6.07, 6.45) is 1.41. The molecule has 0 bridgehead atoms. The monoisotopic (exact) mass is 321 g/mol. The molecule has 98 valence electrons. The van der Waals surface area contributed by atoms with Crippen LogP contribution in [0.5, 0.6) is 5.75 Å². The minimum atomic E-state index is -2.97. The Bertz CT molecular complexity index is 477. The number of allylic oxidation sites excluding steroid dienone is 1. The quantitative estimate of drug-likeness (QED) is 0.606. The third kappa shape index (κ3) is 4.06. The second-order valence-corrected chi connectivity index (χ2v) is 4.22. The number of hydrogen-bond acceptors (Lipinski definition) is 3. The highest BCUT2D eigenvalue weighted by Gasteiger charge is 2.13. The molecule has 4 nitrogen and oxygen atoms in total. The lowest BCUT2D eigenvalue weighted by atomic mass is 10.1. The van der Waals surface area contributed by atoms with E-state index in [4.69, 9.17) is 0 Å². The van der Waals surface area contributed by atoms with Gasteiger partial charge in [0.1, 0.15) is 5.75 Å². The van der Waals surface area contributed by atoms with Crippen LogP contribution in [0.1, 0.15) is 18.9 Å². The summed E-state index contributed by atoms with van der Waals surface area (Å²) in [6, 6.07) is 4.33. The van der Waals surface area contributed by atoms with Gasteiger partial charge in [-0.3, -0.25) is 10.1 Å². The van der Waals surface area contributed by atoms with Crippen molar-refractivity contribution in [3.05, 3.63) is 44.0 Å². The summed E-state index contributed by atoms with van der Waals surface area (Å²) in [6.45, 7) is -1.36. The van der Waals surface area contributed by atoms with E-state index in [1.165, 1.54) is 24.3 Å². The van der Waals surface area contributed by atoms with Crippen molar-refractivity contribution in [2.75, 3.05) is 0 Å². The average molecular weight is 322 g/mol. The summed E-state index contributed by atoms with van der Waals surface area (Å²) in [4.78, 5) is 10.1. The lowest BCUT2D eigenvalue weighted by molar-refractivity contribution is -0.425. The zero-order valence-corrected chi connectivity index (χ0v) is 11.0. The van der Waals surface area contributed by atoms with Crippen LogP contribution in [0.2, 0.25) is 0 Å². The zero-order valence-electron chi connectivity index (χ0n) is 9.40. The van der Waals surface area contributed by atoms with Crippen LogP contribution in [0.25, 0.3) is 6.08 Å². The molecule has 0 spiro atoms. The molecule has 7 heteroatoms. The van der Waals surface area contributed by atoms with Crippen molar-refractivity contribution in [3.63, 3.8) is 0 Å². The van der Waals surface area contributed by atoms with Crippen LogP contribution in [-0.2, 0) is 0 Å². The van der Waals surface area contributed by atoms with Crippen LogP contribution >= 0.6 is 15.9 Å². The summed E-state index contributed by atoms with van der Waals surface area (Å²) in [7, 11) is 0. The summed E-state index contributed by atoms with van der Waals surface area (Å²) in [5, 5.41) is 10.7. The van der Waals surface area contributed by atoms with Gasteiger partial charge in [-0.2, -0.15) is 8.78 Å². The predicted octanol–water partition coefficient (Wildman–Crippen LogP) is 4.08. The molecular weight excluding hydrogens is 312 g/mol. The fourth-order valence-corrected chi connectivity index (χ4v) is 1.68. The van der Waals surface area contributed by atoms with Gasteiger partial charge in [0, 0.05) is 22.5 Å². The third-order valence-corrected chi connectivity index (χ3v) is 2.60. The Labute approximate surface area is 111 Å². The van der Waals surface area contributed by atoms with Crippen molar-refractivity contribution >= 4 is 22.0 Å². The van der Waals surface area contributed by atoms with Gasteiger partial charge in [0.05, 0.1) is 4.92 Å². The maximum Gasteiger partial charge on any atom is 0.387 e. The first-order valence-electron chi connectivity index (χ1n) is 5.03. The molecule has 0 saturated heterocycles. The third-order valence-electron chi connectivity index (χ3n) is 2.11. The van der Waals surface area contributed by atoms with Crippen molar-refractivity contribution in [1.82, 2.24) is 0 Å². The number of nitrogens with zero attached hydrogens (tertiary/aromatic N) is 1. The highest BCUT2D eigenvalue weighted by Crippen LogP contribution is 2.27. The maximum atomic E-state index is 12.2. The molecule has 0 aliphatic heterocycles. The molecule has 0 heterocycles. The second kappa shape index (κ2) is 6.44. The van der Waals surface area contributed by atoms with E-state index >= 15 is 0 Å². The maximum absolute atomic E-state index is 12.2. The molecule has 1 aromatic carbocycles. The fraction of sp³-hybridized carbons (Fsp3) is 0.273. The van der Waals surface area contributed by atoms with Crippen LogP contribution in [0.15, 0.2) is 28.4 Å². The van der Waals surface area contributed by atoms with Crippen molar-refractivity contribution in [2.45, 2.75) is 20.0 Å². The van der Waals surface area contributed by atoms with E-state index in [0.29, 0.717) is 4.47 Å². The van der Waals surface area contributed by atoms with E-state index in [1.54, 1.807) is 6.92 Å². The molecule has 1 rings (SSSR count). The second-order valence-electron chi connectivity index (χ2n) is 3.31. The minimum absolute atomic E-state index is 0.0767. The largest absolute Gasteiger partial charge is 0.434 e. The average Bonchev–Trinajstić information content (AvgIpc) is 2.28. The zero-order chi connectivity index (χ0) is 13.7. The Hall–Kier alpha value is -1.50. The Morgan fingerprint density at radius 1 is 1.61 bits per heavy atom. The van der Waals surface area contributed by atoms with Crippen LogP contribution in [-0.4, -0.2) is 11.5 Å². The summed E-state index contributed by atoms with van der Waals surface area (Å²) < 4.78 is 29.3. The minimum Gasteiger partial charge on any atom is -0.434 e. The first-order chi connectivity index (χ1) is 8.43. The van der Waals surface area contributed by atoms with Gasteiger partial charge in [0.15, 0.2) is 0 Å². The number of hydrogen-bond donors (Lipinski definition) is 0. The molecule has 0 unspecified atom stereocenters. The van der Waals surface area contributed by atoms with Crippen LogP contribution in [0.3, 0.4) is 0 Å². The van der Waals surface area contributed by atoms with E-state index < -0.39 is 11.5 Å². The van der Waals surface area contributed by atoms with E-state index in [0.717, 1.165) is 0 Å².